The largest absolute Gasteiger partial charge is 0.392 e. The van der Waals surface area contributed by atoms with Crippen LogP contribution < -0.4 is 5.32 Å². The molecule has 0 saturated heterocycles. The van der Waals surface area contributed by atoms with Crippen LogP contribution in [0.2, 0.25) is 0 Å². The lowest BCUT2D eigenvalue weighted by Crippen LogP contribution is -2.38. The first-order valence-corrected chi connectivity index (χ1v) is 9.99. The van der Waals surface area contributed by atoms with E-state index in [0.29, 0.717) is 28.7 Å². The molecule has 0 unspecified atom stereocenters. The average molecular weight is 398 g/mol. The van der Waals surface area contributed by atoms with E-state index in [1.807, 2.05) is 6.92 Å². The summed E-state index contributed by atoms with van der Waals surface area (Å²) < 4.78 is 14.3. The van der Waals surface area contributed by atoms with Crippen molar-refractivity contribution in [3.8, 4) is 11.1 Å². The number of amides is 2. The summed E-state index contributed by atoms with van der Waals surface area (Å²) in [5.74, 6) is -0.446. The smallest absolute Gasteiger partial charge is 0.253 e. The number of hydrogen-bond donors (Lipinski definition) is 2. The topological polar surface area (TPSA) is 69.6 Å². The molecule has 0 aromatic heterocycles. The first kappa shape index (κ1) is 21.0. The number of aliphatic hydroxyl groups excluding tert-OH is 1. The van der Waals surface area contributed by atoms with Crippen LogP contribution in [0, 0.1) is 5.82 Å². The molecule has 0 aliphatic heterocycles. The molecule has 3 rings (SSSR count). The van der Waals surface area contributed by atoms with Crippen LogP contribution in [0.15, 0.2) is 42.5 Å². The van der Waals surface area contributed by atoms with Crippen molar-refractivity contribution in [2.24, 2.45) is 0 Å². The van der Waals surface area contributed by atoms with E-state index in [1.165, 1.54) is 6.07 Å². The Kier molecular flexibility index (Phi) is 6.64. The summed E-state index contributed by atoms with van der Waals surface area (Å²) >= 11 is 0. The fourth-order valence-electron chi connectivity index (χ4n) is 3.82. The number of carbonyl (C=O) groups excluding carboxylic acids is 2. The molecule has 2 atom stereocenters. The summed E-state index contributed by atoms with van der Waals surface area (Å²) in [5, 5.41) is 12.1. The van der Waals surface area contributed by atoms with Gasteiger partial charge in [-0.05, 0) is 48.6 Å². The van der Waals surface area contributed by atoms with E-state index in [0.717, 1.165) is 19.3 Å². The van der Waals surface area contributed by atoms with E-state index in [-0.39, 0.29) is 30.5 Å². The first-order valence-electron chi connectivity index (χ1n) is 9.99. The number of nitrogens with zero attached hydrogens (tertiary/aromatic N) is 1. The number of nitrogens with one attached hydrogen (secondary N) is 1. The summed E-state index contributed by atoms with van der Waals surface area (Å²) in [4.78, 5) is 26.2. The summed E-state index contributed by atoms with van der Waals surface area (Å²) in [7, 11) is 1.79. The van der Waals surface area contributed by atoms with Crippen molar-refractivity contribution in [1.82, 2.24) is 10.2 Å². The van der Waals surface area contributed by atoms with Gasteiger partial charge in [-0.1, -0.05) is 31.2 Å². The van der Waals surface area contributed by atoms with Crippen molar-refractivity contribution in [3.63, 3.8) is 0 Å². The molecule has 2 aromatic carbocycles. The molecule has 2 amide bonds. The van der Waals surface area contributed by atoms with Gasteiger partial charge >= 0.3 is 0 Å². The summed E-state index contributed by atoms with van der Waals surface area (Å²) in [6, 6.07) is 11.7. The van der Waals surface area contributed by atoms with E-state index >= 15 is 0 Å². The van der Waals surface area contributed by atoms with Gasteiger partial charge in [0.25, 0.3) is 5.91 Å². The van der Waals surface area contributed by atoms with Crippen LogP contribution in [0.5, 0.6) is 0 Å². The Morgan fingerprint density at radius 1 is 1.17 bits per heavy atom. The predicted molar refractivity (Wildman–Crippen MR) is 110 cm³/mol. The third-order valence-electron chi connectivity index (χ3n) is 5.62. The lowest BCUT2D eigenvalue weighted by Gasteiger charge is -2.25. The normalized spacial score (nSPS) is 18.5. The predicted octanol–water partition coefficient (Wildman–Crippen LogP) is 3.50. The van der Waals surface area contributed by atoms with Crippen LogP contribution >= 0.6 is 0 Å². The second-order valence-corrected chi connectivity index (χ2v) is 7.55. The molecule has 5 nitrogen and oxygen atoms in total. The third kappa shape index (κ3) is 4.82. The van der Waals surface area contributed by atoms with E-state index in [2.05, 4.69) is 5.32 Å². The molecule has 1 saturated carbocycles. The Labute approximate surface area is 170 Å². The van der Waals surface area contributed by atoms with Crippen molar-refractivity contribution < 1.29 is 19.1 Å². The molecule has 0 radical (unpaired) electrons. The number of rotatable bonds is 6. The fourth-order valence-corrected chi connectivity index (χ4v) is 3.82. The van der Waals surface area contributed by atoms with E-state index < -0.39 is 5.82 Å². The Hall–Kier alpha value is -2.73. The molecule has 2 aromatic rings. The van der Waals surface area contributed by atoms with E-state index in [9.17, 15) is 14.0 Å². The van der Waals surface area contributed by atoms with Gasteiger partial charge in [-0.25, -0.2) is 4.39 Å². The molecule has 0 heterocycles. The van der Waals surface area contributed by atoms with Crippen molar-refractivity contribution in [2.75, 3.05) is 7.05 Å². The number of halogens is 1. The minimum Gasteiger partial charge on any atom is -0.392 e. The molecular weight excluding hydrogens is 371 g/mol. The quantitative estimate of drug-likeness (QED) is 0.782. The molecule has 154 valence electrons. The highest BCUT2D eigenvalue weighted by Crippen LogP contribution is 2.27. The minimum atomic E-state index is -0.404. The zero-order valence-electron chi connectivity index (χ0n) is 16.8. The molecule has 29 heavy (non-hydrogen) atoms. The second-order valence-electron chi connectivity index (χ2n) is 7.55. The van der Waals surface area contributed by atoms with Crippen LogP contribution in [0.1, 0.15) is 48.5 Å². The lowest BCUT2D eigenvalue weighted by atomic mass is 10.0. The highest BCUT2D eigenvalue weighted by atomic mass is 19.1. The van der Waals surface area contributed by atoms with Crippen molar-refractivity contribution in [2.45, 2.75) is 51.3 Å². The van der Waals surface area contributed by atoms with Gasteiger partial charge in [0.2, 0.25) is 5.91 Å². The summed E-state index contributed by atoms with van der Waals surface area (Å²) in [6.07, 6.45) is 2.95. The van der Waals surface area contributed by atoms with Gasteiger partial charge in [-0.3, -0.25) is 9.59 Å². The molecule has 1 aliphatic carbocycles. The maximum atomic E-state index is 14.3. The first-order chi connectivity index (χ1) is 13.9. The van der Waals surface area contributed by atoms with Crippen molar-refractivity contribution >= 4 is 11.8 Å². The molecule has 1 fully saturated rings. The molecule has 0 bridgehead atoms. The average Bonchev–Trinajstić information content (AvgIpc) is 3.21. The zero-order chi connectivity index (χ0) is 21.0. The van der Waals surface area contributed by atoms with Gasteiger partial charge in [0.15, 0.2) is 0 Å². The monoisotopic (exact) mass is 398 g/mol. The molecule has 2 N–H and O–H groups in total. The zero-order valence-corrected chi connectivity index (χ0v) is 16.8. The highest BCUT2D eigenvalue weighted by molar-refractivity contribution is 5.94. The second kappa shape index (κ2) is 9.18. The Bertz CT molecular complexity index is 882. The van der Waals surface area contributed by atoms with Crippen LogP contribution in [-0.4, -0.2) is 41.0 Å². The Balaban J connectivity index is 1.67. The molecule has 1 aliphatic rings. The van der Waals surface area contributed by atoms with Crippen LogP contribution in [-0.2, 0) is 11.4 Å². The van der Waals surface area contributed by atoms with Crippen LogP contribution in [0.3, 0.4) is 0 Å². The maximum Gasteiger partial charge on any atom is 0.253 e. The standard InChI is InChI=1S/C23H27FN2O3/c1-3-22(28)25-18-9-10-19(13-18)26(2)23(29)17-7-5-16(6-8-17)20-11-4-15(14-27)12-21(20)24/h4-8,11-12,18-19,27H,3,9-10,13-14H2,1-2H3,(H,25,28)/t18-,19+/m0/s1. The Morgan fingerprint density at radius 3 is 2.52 bits per heavy atom. The minimum absolute atomic E-state index is 0.0412. The van der Waals surface area contributed by atoms with Gasteiger partial charge in [0.05, 0.1) is 6.61 Å². The molecule has 0 spiro atoms. The number of hydrogen-bond acceptors (Lipinski definition) is 3. The SMILES string of the molecule is CCC(=O)N[C@H]1CC[C@@H](N(C)C(=O)c2ccc(-c3ccc(CO)cc3F)cc2)C1. The van der Waals surface area contributed by atoms with Gasteiger partial charge in [0.1, 0.15) is 5.82 Å². The summed E-state index contributed by atoms with van der Waals surface area (Å²) in [6.45, 7) is 1.62. The summed E-state index contributed by atoms with van der Waals surface area (Å²) in [5.41, 5.74) is 2.17. The van der Waals surface area contributed by atoms with Gasteiger partial charge in [-0.15, -0.1) is 0 Å². The highest BCUT2D eigenvalue weighted by Gasteiger charge is 2.30. The lowest BCUT2D eigenvalue weighted by molar-refractivity contribution is -0.121. The van der Waals surface area contributed by atoms with Crippen LogP contribution in [0.25, 0.3) is 11.1 Å². The fraction of sp³-hybridized carbons (Fsp3) is 0.391. The van der Waals surface area contributed by atoms with Gasteiger partial charge in [-0.2, -0.15) is 0 Å². The number of benzene rings is 2. The van der Waals surface area contributed by atoms with Crippen molar-refractivity contribution in [1.29, 1.82) is 0 Å². The number of aliphatic hydroxyl groups is 1. The third-order valence-corrected chi connectivity index (χ3v) is 5.62. The molecular formula is C23H27FN2O3. The van der Waals surface area contributed by atoms with Crippen molar-refractivity contribution in [3.05, 3.63) is 59.4 Å². The Morgan fingerprint density at radius 2 is 1.90 bits per heavy atom. The molecule has 6 heteroatoms. The maximum absolute atomic E-state index is 14.3. The van der Waals surface area contributed by atoms with E-state index in [1.54, 1.807) is 48.3 Å². The number of carbonyl (C=O) groups is 2. The van der Waals surface area contributed by atoms with Crippen LogP contribution in [0.4, 0.5) is 4.39 Å². The van der Waals surface area contributed by atoms with E-state index in [4.69, 9.17) is 5.11 Å². The van der Waals surface area contributed by atoms with Gasteiger partial charge in [0, 0.05) is 36.7 Å². The van der Waals surface area contributed by atoms with Gasteiger partial charge < -0.3 is 15.3 Å².